The molecular formula is C24H26N7O2S-. The number of piperazine rings is 1. The molecule has 0 amide bonds. The van der Waals surface area contributed by atoms with Crippen LogP contribution in [0.15, 0.2) is 66.9 Å². The number of anilines is 3. The first kappa shape index (κ1) is 22.5. The number of aromatic nitrogens is 3. The molecule has 0 bridgehead atoms. The Morgan fingerprint density at radius 1 is 1.03 bits per heavy atom. The third kappa shape index (κ3) is 5.10. The molecule has 1 aliphatic rings. The molecule has 0 radical (unpaired) electrons. The Hall–Kier alpha value is -3.31. The maximum Gasteiger partial charge on any atom is 0.245 e. The summed E-state index contributed by atoms with van der Waals surface area (Å²) in [4.78, 5) is 9.20. The van der Waals surface area contributed by atoms with E-state index in [4.69, 9.17) is 5.10 Å². The van der Waals surface area contributed by atoms with Gasteiger partial charge in [0.05, 0.1) is 17.4 Å². The van der Waals surface area contributed by atoms with E-state index in [0.29, 0.717) is 5.95 Å². The Kier molecular flexibility index (Phi) is 6.54. The fourth-order valence-electron chi connectivity index (χ4n) is 4.11. The van der Waals surface area contributed by atoms with Gasteiger partial charge in [-0.05, 0) is 55.1 Å². The van der Waals surface area contributed by atoms with Crippen molar-refractivity contribution in [2.45, 2.75) is 6.54 Å². The van der Waals surface area contributed by atoms with Gasteiger partial charge in [-0.1, -0.05) is 18.2 Å². The van der Waals surface area contributed by atoms with Gasteiger partial charge in [0.15, 0.2) is 0 Å². The second-order valence-electron chi connectivity index (χ2n) is 8.36. The van der Waals surface area contributed by atoms with E-state index in [2.05, 4.69) is 44.0 Å². The standard InChI is InChI=1S/C24H27N7O2S/c1-29-11-13-30(14-12-29)21-7-5-20(6-8-21)27-24-25-17-22-9-10-23(31(22)28-24)19-4-2-3-18(15-19)16-26-34(32)33/h2-10,15,17,26H,11-14,16H2,1H3,(H,27,28)(H,32,33)/p-1. The molecule has 4 aromatic rings. The van der Waals surface area contributed by atoms with Gasteiger partial charge in [-0.3, -0.25) is 4.21 Å². The minimum Gasteiger partial charge on any atom is -0.760 e. The highest BCUT2D eigenvalue weighted by atomic mass is 32.2. The summed E-state index contributed by atoms with van der Waals surface area (Å²) in [5.41, 5.74) is 5.72. The van der Waals surface area contributed by atoms with Crippen LogP contribution in [0.2, 0.25) is 0 Å². The lowest BCUT2D eigenvalue weighted by molar-refractivity contribution is 0.313. The quantitative estimate of drug-likeness (QED) is 0.396. The minimum atomic E-state index is -2.30. The fourth-order valence-corrected chi connectivity index (χ4v) is 4.39. The molecule has 9 nitrogen and oxygen atoms in total. The number of rotatable bonds is 7. The Labute approximate surface area is 200 Å². The molecule has 0 spiro atoms. The first-order chi connectivity index (χ1) is 16.5. The molecular weight excluding hydrogens is 450 g/mol. The van der Waals surface area contributed by atoms with Gasteiger partial charge < -0.3 is 19.7 Å². The second kappa shape index (κ2) is 9.90. The molecule has 0 aliphatic carbocycles. The smallest absolute Gasteiger partial charge is 0.245 e. The van der Waals surface area contributed by atoms with Gasteiger partial charge in [-0.2, -0.15) is 0 Å². The molecule has 2 N–H and O–H groups in total. The van der Waals surface area contributed by atoms with Crippen LogP contribution < -0.4 is 14.9 Å². The highest BCUT2D eigenvalue weighted by Gasteiger charge is 2.14. The largest absolute Gasteiger partial charge is 0.760 e. The Morgan fingerprint density at radius 3 is 2.59 bits per heavy atom. The van der Waals surface area contributed by atoms with E-state index in [1.807, 2.05) is 53.0 Å². The molecule has 1 saturated heterocycles. The van der Waals surface area contributed by atoms with Crippen LogP contribution in [0.5, 0.6) is 0 Å². The molecule has 0 saturated carbocycles. The van der Waals surface area contributed by atoms with Gasteiger partial charge in [-0.15, -0.1) is 5.10 Å². The van der Waals surface area contributed by atoms with Gasteiger partial charge in [-0.25, -0.2) is 14.2 Å². The average Bonchev–Trinajstić information content (AvgIpc) is 3.27. The van der Waals surface area contributed by atoms with Gasteiger partial charge in [0, 0.05) is 60.9 Å². The number of nitrogens with one attached hydrogen (secondary N) is 2. The lowest BCUT2D eigenvalue weighted by Crippen LogP contribution is -2.44. The van der Waals surface area contributed by atoms with E-state index in [1.54, 1.807) is 6.20 Å². The van der Waals surface area contributed by atoms with Crippen LogP contribution in [0.3, 0.4) is 0 Å². The van der Waals surface area contributed by atoms with E-state index >= 15 is 0 Å². The maximum absolute atomic E-state index is 10.8. The van der Waals surface area contributed by atoms with Crippen molar-refractivity contribution in [1.29, 1.82) is 0 Å². The summed E-state index contributed by atoms with van der Waals surface area (Å²) in [6.45, 7) is 4.45. The highest BCUT2D eigenvalue weighted by molar-refractivity contribution is 7.77. The third-order valence-electron chi connectivity index (χ3n) is 6.01. The molecule has 2 aromatic heterocycles. The van der Waals surface area contributed by atoms with E-state index in [-0.39, 0.29) is 6.54 Å². The molecule has 3 heterocycles. The van der Waals surface area contributed by atoms with Crippen molar-refractivity contribution in [3.63, 3.8) is 0 Å². The van der Waals surface area contributed by atoms with Crippen LogP contribution in [-0.2, 0) is 17.8 Å². The van der Waals surface area contributed by atoms with Crippen molar-refractivity contribution in [2.24, 2.45) is 0 Å². The first-order valence-electron chi connectivity index (χ1n) is 11.1. The summed E-state index contributed by atoms with van der Waals surface area (Å²) in [5, 5.41) is 7.99. The molecule has 5 rings (SSSR count). The zero-order valence-corrected chi connectivity index (χ0v) is 19.7. The molecule has 1 aliphatic heterocycles. The van der Waals surface area contributed by atoms with Gasteiger partial charge in [0.25, 0.3) is 0 Å². The van der Waals surface area contributed by atoms with Crippen molar-refractivity contribution in [2.75, 3.05) is 43.4 Å². The van der Waals surface area contributed by atoms with Crippen LogP contribution in [0.25, 0.3) is 16.8 Å². The number of hydrogen-bond acceptors (Lipinski definition) is 7. The Bertz CT molecular complexity index is 1300. The van der Waals surface area contributed by atoms with Crippen molar-refractivity contribution in [3.8, 4) is 11.3 Å². The lowest BCUT2D eigenvalue weighted by Gasteiger charge is -2.34. The first-order valence-corrected chi connectivity index (χ1v) is 12.2. The molecule has 1 unspecified atom stereocenters. The molecule has 34 heavy (non-hydrogen) atoms. The normalized spacial score (nSPS) is 15.5. The zero-order valence-electron chi connectivity index (χ0n) is 18.8. The van der Waals surface area contributed by atoms with Crippen molar-refractivity contribution >= 4 is 34.1 Å². The summed E-state index contributed by atoms with van der Waals surface area (Å²) < 4.78 is 25.9. The van der Waals surface area contributed by atoms with Crippen molar-refractivity contribution < 1.29 is 8.76 Å². The summed E-state index contributed by atoms with van der Waals surface area (Å²) in [7, 11) is 2.16. The monoisotopic (exact) mass is 476 g/mol. The number of hydrogen-bond donors (Lipinski definition) is 2. The van der Waals surface area contributed by atoms with Gasteiger partial charge in [0.2, 0.25) is 5.95 Å². The van der Waals surface area contributed by atoms with Gasteiger partial charge >= 0.3 is 0 Å². The summed E-state index contributed by atoms with van der Waals surface area (Å²) in [6, 6.07) is 20.0. The maximum atomic E-state index is 10.8. The second-order valence-corrected chi connectivity index (χ2v) is 9.11. The molecule has 10 heteroatoms. The van der Waals surface area contributed by atoms with Crippen molar-refractivity contribution in [1.82, 2.24) is 24.2 Å². The average molecular weight is 477 g/mol. The predicted molar refractivity (Wildman–Crippen MR) is 134 cm³/mol. The Balaban J connectivity index is 1.34. The van der Waals surface area contributed by atoms with Crippen LogP contribution in [0.4, 0.5) is 17.3 Å². The van der Waals surface area contributed by atoms with Crippen LogP contribution in [0, 0.1) is 0 Å². The molecule has 1 atom stereocenters. The fraction of sp³-hybridized carbons (Fsp3) is 0.250. The number of fused-ring (bicyclic) bond motifs is 1. The van der Waals surface area contributed by atoms with Crippen LogP contribution in [-0.4, -0.2) is 61.5 Å². The predicted octanol–water partition coefficient (Wildman–Crippen LogP) is 2.78. The topological polar surface area (TPSA) is 101 Å². The van der Waals surface area contributed by atoms with Gasteiger partial charge in [0.1, 0.15) is 0 Å². The molecule has 176 valence electrons. The third-order valence-corrected chi connectivity index (χ3v) is 6.39. The lowest BCUT2D eigenvalue weighted by atomic mass is 10.1. The van der Waals surface area contributed by atoms with E-state index in [1.165, 1.54) is 5.69 Å². The summed E-state index contributed by atoms with van der Waals surface area (Å²) >= 11 is -2.30. The number of likely N-dealkylation sites (N-methyl/N-ethyl adjacent to an activating group) is 1. The number of benzene rings is 2. The van der Waals surface area contributed by atoms with E-state index in [9.17, 15) is 8.76 Å². The van der Waals surface area contributed by atoms with E-state index < -0.39 is 11.3 Å². The summed E-state index contributed by atoms with van der Waals surface area (Å²) in [5.74, 6) is 0.497. The molecule has 1 fully saturated rings. The Morgan fingerprint density at radius 2 is 1.82 bits per heavy atom. The van der Waals surface area contributed by atoms with Crippen LogP contribution >= 0.6 is 0 Å². The SMILES string of the molecule is CN1CCN(c2ccc(Nc3ncc4ccc(-c5cccc(CNS(=O)[O-])c5)n4n3)cc2)CC1. The van der Waals surface area contributed by atoms with Crippen LogP contribution in [0.1, 0.15) is 5.56 Å². The number of nitrogens with zero attached hydrogens (tertiary/aromatic N) is 5. The highest BCUT2D eigenvalue weighted by Crippen LogP contribution is 2.25. The van der Waals surface area contributed by atoms with E-state index in [0.717, 1.165) is 54.2 Å². The molecule has 2 aromatic carbocycles. The summed E-state index contributed by atoms with van der Waals surface area (Å²) in [6.07, 6.45) is 1.78. The minimum absolute atomic E-state index is 0.235. The zero-order chi connectivity index (χ0) is 23.5. The van der Waals surface area contributed by atoms with Crippen molar-refractivity contribution in [3.05, 3.63) is 72.4 Å².